The summed E-state index contributed by atoms with van der Waals surface area (Å²) in [6.45, 7) is 2.42. The minimum absolute atomic E-state index is 0.178. The molecule has 1 aromatic heterocycles. The van der Waals surface area contributed by atoms with Crippen molar-refractivity contribution in [1.29, 1.82) is 0 Å². The lowest BCUT2D eigenvalue weighted by atomic mass is 10.00. The average molecular weight is 427 g/mol. The van der Waals surface area contributed by atoms with Crippen molar-refractivity contribution in [3.05, 3.63) is 100 Å². The molecule has 1 atom stereocenters. The SMILES string of the molecule is O=c1c2ccc(Nc3ccccc3)cc2cnn1C[C@H](O)CN1CCc2ccccc2C1. The molecule has 1 aliphatic heterocycles. The van der Waals surface area contributed by atoms with Crippen molar-refractivity contribution in [2.24, 2.45) is 0 Å². The maximum Gasteiger partial charge on any atom is 0.274 e. The summed E-state index contributed by atoms with van der Waals surface area (Å²) in [5, 5.41) is 19.7. The molecule has 32 heavy (non-hydrogen) atoms. The second-order valence-electron chi connectivity index (χ2n) is 8.33. The third kappa shape index (κ3) is 4.42. The predicted molar refractivity (Wildman–Crippen MR) is 127 cm³/mol. The molecular formula is C26H26N4O2. The maximum atomic E-state index is 12.9. The van der Waals surface area contributed by atoms with Gasteiger partial charge in [-0.05, 0) is 47.9 Å². The molecule has 6 heteroatoms. The van der Waals surface area contributed by atoms with Crippen LogP contribution in [-0.2, 0) is 19.5 Å². The van der Waals surface area contributed by atoms with Crippen molar-refractivity contribution < 1.29 is 5.11 Å². The van der Waals surface area contributed by atoms with Gasteiger partial charge >= 0.3 is 0 Å². The molecule has 0 amide bonds. The van der Waals surface area contributed by atoms with Crippen LogP contribution in [0.2, 0.25) is 0 Å². The summed E-state index contributed by atoms with van der Waals surface area (Å²) in [6.07, 6.45) is 2.01. The quantitative estimate of drug-likeness (QED) is 0.493. The number of rotatable bonds is 6. The maximum absolute atomic E-state index is 12.9. The molecule has 6 nitrogen and oxygen atoms in total. The first-order chi connectivity index (χ1) is 15.7. The van der Waals surface area contributed by atoms with Crippen LogP contribution in [0.5, 0.6) is 0 Å². The molecule has 0 radical (unpaired) electrons. The first-order valence-electron chi connectivity index (χ1n) is 10.9. The van der Waals surface area contributed by atoms with E-state index < -0.39 is 6.10 Å². The molecule has 0 unspecified atom stereocenters. The van der Waals surface area contributed by atoms with Crippen LogP contribution in [0.15, 0.2) is 83.8 Å². The van der Waals surface area contributed by atoms with E-state index in [1.54, 1.807) is 6.20 Å². The van der Waals surface area contributed by atoms with Crippen LogP contribution in [-0.4, -0.2) is 39.0 Å². The number of para-hydroxylation sites is 1. The molecule has 162 valence electrons. The van der Waals surface area contributed by atoms with Crippen LogP contribution in [0.4, 0.5) is 11.4 Å². The van der Waals surface area contributed by atoms with Crippen molar-refractivity contribution in [2.75, 3.05) is 18.4 Å². The second-order valence-corrected chi connectivity index (χ2v) is 8.33. The van der Waals surface area contributed by atoms with Gasteiger partial charge < -0.3 is 10.4 Å². The number of nitrogens with one attached hydrogen (secondary N) is 1. The van der Waals surface area contributed by atoms with Gasteiger partial charge in [0.15, 0.2) is 0 Å². The number of fused-ring (bicyclic) bond motifs is 2. The highest BCUT2D eigenvalue weighted by molar-refractivity contribution is 5.85. The Kier molecular flexibility index (Phi) is 5.71. The normalized spacial score (nSPS) is 14.8. The monoisotopic (exact) mass is 426 g/mol. The minimum atomic E-state index is -0.665. The average Bonchev–Trinajstić information content (AvgIpc) is 2.81. The summed E-state index contributed by atoms with van der Waals surface area (Å²) in [7, 11) is 0. The molecule has 5 rings (SSSR count). The summed E-state index contributed by atoms with van der Waals surface area (Å²) in [5.74, 6) is 0. The molecule has 0 spiro atoms. The van der Waals surface area contributed by atoms with Crippen LogP contribution in [0.3, 0.4) is 0 Å². The van der Waals surface area contributed by atoms with E-state index in [1.165, 1.54) is 15.8 Å². The van der Waals surface area contributed by atoms with Crippen molar-refractivity contribution >= 4 is 22.1 Å². The van der Waals surface area contributed by atoms with Crippen molar-refractivity contribution in [1.82, 2.24) is 14.7 Å². The number of aliphatic hydroxyl groups is 1. The predicted octanol–water partition coefficient (Wildman–Crippen LogP) is 3.56. The Morgan fingerprint density at radius 1 is 0.938 bits per heavy atom. The van der Waals surface area contributed by atoms with Gasteiger partial charge in [-0.15, -0.1) is 0 Å². The van der Waals surface area contributed by atoms with E-state index in [0.717, 1.165) is 36.3 Å². The van der Waals surface area contributed by atoms with Crippen molar-refractivity contribution in [2.45, 2.75) is 25.6 Å². The number of benzene rings is 3. The molecule has 4 aromatic rings. The molecule has 2 N–H and O–H groups in total. The zero-order chi connectivity index (χ0) is 21.9. The van der Waals surface area contributed by atoms with Gasteiger partial charge in [0.1, 0.15) is 0 Å². The van der Waals surface area contributed by atoms with Crippen LogP contribution in [0.1, 0.15) is 11.1 Å². The van der Waals surface area contributed by atoms with E-state index in [-0.39, 0.29) is 12.1 Å². The Bertz CT molecular complexity index is 1290. The molecule has 2 heterocycles. The zero-order valence-electron chi connectivity index (χ0n) is 17.8. The number of β-amino-alcohol motifs (C(OH)–C–C–N with tert-alkyl or cyclic N) is 1. The van der Waals surface area contributed by atoms with Crippen LogP contribution < -0.4 is 10.9 Å². The summed E-state index contributed by atoms with van der Waals surface area (Å²) in [4.78, 5) is 15.2. The lowest BCUT2D eigenvalue weighted by Crippen LogP contribution is -2.40. The number of aliphatic hydroxyl groups excluding tert-OH is 1. The minimum Gasteiger partial charge on any atom is -0.390 e. The zero-order valence-corrected chi connectivity index (χ0v) is 17.8. The molecule has 1 aliphatic rings. The lowest BCUT2D eigenvalue weighted by molar-refractivity contribution is 0.0878. The highest BCUT2D eigenvalue weighted by Gasteiger charge is 2.19. The van der Waals surface area contributed by atoms with Crippen molar-refractivity contribution in [3.63, 3.8) is 0 Å². The number of hydrogen-bond donors (Lipinski definition) is 2. The first-order valence-corrected chi connectivity index (χ1v) is 10.9. The van der Waals surface area contributed by atoms with Gasteiger partial charge in [-0.1, -0.05) is 42.5 Å². The number of anilines is 2. The Morgan fingerprint density at radius 2 is 1.72 bits per heavy atom. The molecular weight excluding hydrogens is 400 g/mol. The van der Waals surface area contributed by atoms with Crippen LogP contribution in [0, 0.1) is 0 Å². The summed E-state index contributed by atoms with van der Waals surface area (Å²) in [6, 6.07) is 23.9. The lowest BCUT2D eigenvalue weighted by Gasteiger charge is -2.30. The molecule has 0 saturated carbocycles. The molecule has 0 saturated heterocycles. The van der Waals surface area contributed by atoms with Crippen LogP contribution in [0.25, 0.3) is 10.8 Å². The Balaban J connectivity index is 1.27. The van der Waals surface area contributed by atoms with E-state index >= 15 is 0 Å². The highest BCUT2D eigenvalue weighted by Crippen LogP contribution is 2.21. The topological polar surface area (TPSA) is 70.4 Å². The van der Waals surface area contributed by atoms with Crippen LogP contribution >= 0.6 is 0 Å². The fourth-order valence-electron chi connectivity index (χ4n) is 4.35. The fraction of sp³-hybridized carbons (Fsp3) is 0.231. The third-order valence-corrected chi connectivity index (χ3v) is 5.98. The summed E-state index contributed by atoms with van der Waals surface area (Å²) in [5.41, 5.74) is 4.39. The number of nitrogens with zero attached hydrogens (tertiary/aromatic N) is 3. The van der Waals surface area contributed by atoms with E-state index in [9.17, 15) is 9.90 Å². The molecule has 0 bridgehead atoms. The largest absolute Gasteiger partial charge is 0.390 e. The molecule has 0 aliphatic carbocycles. The Labute approximate surface area is 186 Å². The van der Waals surface area contributed by atoms with Gasteiger partial charge in [-0.25, -0.2) is 4.68 Å². The van der Waals surface area contributed by atoms with Gasteiger partial charge in [0.2, 0.25) is 0 Å². The van der Waals surface area contributed by atoms with Gasteiger partial charge in [0.05, 0.1) is 24.2 Å². The fourth-order valence-corrected chi connectivity index (χ4v) is 4.35. The summed E-state index contributed by atoms with van der Waals surface area (Å²) < 4.78 is 1.37. The Hall–Kier alpha value is -3.48. The third-order valence-electron chi connectivity index (χ3n) is 5.98. The second kappa shape index (κ2) is 8.94. The summed E-state index contributed by atoms with van der Waals surface area (Å²) >= 11 is 0. The van der Waals surface area contributed by atoms with Gasteiger partial charge in [-0.2, -0.15) is 5.10 Å². The van der Waals surface area contributed by atoms with Gasteiger partial charge in [0, 0.05) is 36.4 Å². The van der Waals surface area contributed by atoms with E-state index in [4.69, 9.17) is 0 Å². The van der Waals surface area contributed by atoms with Gasteiger partial charge in [-0.3, -0.25) is 9.69 Å². The first kappa shape index (κ1) is 20.4. The smallest absolute Gasteiger partial charge is 0.274 e. The number of hydrogen-bond acceptors (Lipinski definition) is 5. The highest BCUT2D eigenvalue weighted by atomic mass is 16.3. The van der Waals surface area contributed by atoms with E-state index in [2.05, 4.69) is 39.6 Å². The van der Waals surface area contributed by atoms with E-state index in [0.29, 0.717) is 11.9 Å². The Morgan fingerprint density at radius 3 is 2.56 bits per heavy atom. The van der Waals surface area contributed by atoms with E-state index in [1.807, 2.05) is 48.5 Å². The molecule has 0 fully saturated rings. The molecule has 3 aromatic carbocycles. The number of aromatic nitrogens is 2. The standard InChI is InChI=1S/C26H26N4O2/c31-24(17-29-13-12-19-6-4-5-7-20(19)16-29)18-30-26(32)25-11-10-23(14-21(25)15-27-30)28-22-8-2-1-3-9-22/h1-11,14-15,24,28,31H,12-13,16-18H2/t24-/m1/s1. The van der Waals surface area contributed by atoms with Crippen molar-refractivity contribution in [3.8, 4) is 0 Å². The van der Waals surface area contributed by atoms with Gasteiger partial charge in [0.25, 0.3) is 5.56 Å².